The number of nitrogens with zero attached hydrogens (tertiary/aromatic N) is 4. The fourth-order valence-corrected chi connectivity index (χ4v) is 6.13. The van der Waals surface area contributed by atoms with E-state index >= 15 is 0 Å². The molecular formula is C31H27N5O2S. The summed E-state index contributed by atoms with van der Waals surface area (Å²) >= 11 is 1.63. The van der Waals surface area contributed by atoms with Crippen molar-refractivity contribution in [1.29, 1.82) is 0 Å². The van der Waals surface area contributed by atoms with Crippen LogP contribution < -0.4 is 5.32 Å². The highest BCUT2D eigenvalue weighted by Crippen LogP contribution is 2.43. The highest BCUT2D eigenvalue weighted by Gasteiger charge is 2.24. The molecule has 6 rings (SSSR count). The maximum absolute atomic E-state index is 12.4. The number of aromatic nitrogens is 4. The number of nitrogens with one attached hydrogen (secondary N) is 1. The van der Waals surface area contributed by atoms with Crippen LogP contribution in [0.5, 0.6) is 0 Å². The smallest absolute Gasteiger partial charge is 0.326 e. The van der Waals surface area contributed by atoms with Crippen LogP contribution in [0.25, 0.3) is 32.1 Å². The number of aryl methyl sites for hydroxylation is 1. The van der Waals surface area contributed by atoms with Crippen LogP contribution in [0.3, 0.4) is 0 Å². The minimum atomic E-state index is -0.961. The van der Waals surface area contributed by atoms with Crippen molar-refractivity contribution in [3.05, 3.63) is 108 Å². The summed E-state index contributed by atoms with van der Waals surface area (Å²) in [5.41, 5.74) is 4.02. The monoisotopic (exact) mass is 533 g/mol. The quantitative estimate of drug-likeness (QED) is 0.223. The first-order valence-corrected chi connectivity index (χ1v) is 13.7. The molecule has 8 heteroatoms. The maximum atomic E-state index is 12.4. The lowest BCUT2D eigenvalue weighted by Gasteiger charge is -2.16. The summed E-state index contributed by atoms with van der Waals surface area (Å²) in [6.07, 6.45) is 6.20. The molecule has 0 saturated heterocycles. The molecule has 3 heterocycles. The molecule has 3 aromatic carbocycles. The topological polar surface area (TPSA) is 92.9 Å². The van der Waals surface area contributed by atoms with E-state index in [1.807, 2.05) is 41.1 Å². The van der Waals surface area contributed by atoms with Gasteiger partial charge in [0.1, 0.15) is 23.0 Å². The molecule has 6 aromatic rings. The Morgan fingerprint density at radius 2 is 1.79 bits per heavy atom. The zero-order chi connectivity index (χ0) is 26.8. The molecule has 0 aliphatic rings. The molecule has 3 aromatic heterocycles. The van der Waals surface area contributed by atoms with E-state index in [1.54, 1.807) is 17.7 Å². The van der Waals surface area contributed by atoms with Crippen molar-refractivity contribution in [1.82, 2.24) is 19.5 Å². The van der Waals surface area contributed by atoms with Gasteiger partial charge < -0.3 is 15.0 Å². The Balaban J connectivity index is 1.36. The van der Waals surface area contributed by atoms with Gasteiger partial charge >= 0.3 is 5.97 Å². The number of hydrogen-bond acceptors (Lipinski definition) is 6. The summed E-state index contributed by atoms with van der Waals surface area (Å²) in [5.74, 6) is -0.438. The van der Waals surface area contributed by atoms with E-state index < -0.39 is 12.0 Å². The van der Waals surface area contributed by atoms with Gasteiger partial charge in [0, 0.05) is 29.6 Å². The van der Waals surface area contributed by atoms with Crippen molar-refractivity contribution < 1.29 is 9.90 Å². The average Bonchev–Trinajstić information content (AvgIpc) is 3.57. The van der Waals surface area contributed by atoms with Crippen LogP contribution in [0, 0.1) is 0 Å². The average molecular weight is 534 g/mol. The van der Waals surface area contributed by atoms with E-state index in [1.165, 1.54) is 11.2 Å². The zero-order valence-corrected chi connectivity index (χ0v) is 22.2. The second-order valence-electron chi connectivity index (χ2n) is 9.45. The second kappa shape index (κ2) is 10.7. The predicted molar refractivity (Wildman–Crippen MR) is 156 cm³/mol. The van der Waals surface area contributed by atoms with Crippen LogP contribution in [-0.2, 0) is 24.2 Å². The van der Waals surface area contributed by atoms with E-state index in [0.717, 1.165) is 44.1 Å². The van der Waals surface area contributed by atoms with Crippen LogP contribution in [0.1, 0.15) is 23.1 Å². The number of rotatable bonds is 9. The van der Waals surface area contributed by atoms with Gasteiger partial charge in [-0.15, -0.1) is 11.3 Å². The maximum Gasteiger partial charge on any atom is 0.326 e. The fraction of sp³-hybridized carbons (Fsp3) is 0.161. The highest BCUT2D eigenvalue weighted by molar-refractivity contribution is 7.19. The number of benzene rings is 3. The number of carboxylic acid groups (broad SMARTS) is 1. The molecule has 0 aliphatic heterocycles. The van der Waals surface area contributed by atoms with Crippen molar-refractivity contribution in [3.63, 3.8) is 0 Å². The third-order valence-electron chi connectivity index (χ3n) is 6.86. The van der Waals surface area contributed by atoms with Crippen LogP contribution in [0.4, 0.5) is 5.82 Å². The van der Waals surface area contributed by atoms with Gasteiger partial charge in [0.25, 0.3) is 0 Å². The first kappa shape index (κ1) is 24.8. The predicted octanol–water partition coefficient (Wildman–Crippen LogP) is 6.43. The molecule has 0 unspecified atom stereocenters. The molecule has 2 N–H and O–H groups in total. The van der Waals surface area contributed by atoms with Gasteiger partial charge in [-0.3, -0.25) is 0 Å². The van der Waals surface area contributed by atoms with Crippen molar-refractivity contribution >= 4 is 44.1 Å². The number of imidazole rings is 1. The van der Waals surface area contributed by atoms with Gasteiger partial charge in [0.15, 0.2) is 0 Å². The summed E-state index contributed by atoms with van der Waals surface area (Å²) in [4.78, 5) is 28.0. The Morgan fingerprint density at radius 1 is 1.00 bits per heavy atom. The Bertz CT molecular complexity index is 1770. The van der Waals surface area contributed by atoms with Crippen LogP contribution in [-0.4, -0.2) is 36.6 Å². The molecule has 0 radical (unpaired) electrons. The molecule has 0 spiro atoms. The number of aliphatic carboxylic acids is 1. The van der Waals surface area contributed by atoms with Gasteiger partial charge in [0.2, 0.25) is 0 Å². The minimum absolute atomic E-state index is 0.219. The Kier molecular flexibility index (Phi) is 6.77. The van der Waals surface area contributed by atoms with Crippen LogP contribution in [0.2, 0.25) is 0 Å². The highest BCUT2D eigenvalue weighted by atomic mass is 32.1. The number of thiophene rings is 1. The summed E-state index contributed by atoms with van der Waals surface area (Å²) in [6.45, 7) is 2.81. The molecule has 39 heavy (non-hydrogen) atoms. The van der Waals surface area contributed by atoms with E-state index in [0.29, 0.717) is 18.1 Å². The first-order chi connectivity index (χ1) is 19.1. The third-order valence-corrected chi connectivity index (χ3v) is 8.10. The summed E-state index contributed by atoms with van der Waals surface area (Å²) in [7, 11) is 0. The summed E-state index contributed by atoms with van der Waals surface area (Å²) in [5, 5.41) is 16.5. The van der Waals surface area contributed by atoms with Crippen LogP contribution in [0.15, 0.2) is 91.6 Å². The van der Waals surface area contributed by atoms with Gasteiger partial charge in [-0.2, -0.15) is 0 Å². The SMILES string of the molecule is CCc1sc2ncnc(N[C@H](Cc3cn(Cc4ccccc4)cn3)C(=O)O)c2c1-c1cccc2ccccc12. The minimum Gasteiger partial charge on any atom is -0.480 e. The van der Waals surface area contributed by atoms with Gasteiger partial charge in [-0.1, -0.05) is 79.7 Å². The van der Waals surface area contributed by atoms with Crippen molar-refractivity contribution in [2.75, 3.05) is 5.32 Å². The molecule has 0 bridgehead atoms. The van der Waals surface area contributed by atoms with Crippen LogP contribution >= 0.6 is 11.3 Å². The molecule has 0 amide bonds. The Hall–Kier alpha value is -4.56. The van der Waals surface area contributed by atoms with Crippen molar-refractivity contribution in [2.24, 2.45) is 0 Å². The van der Waals surface area contributed by atoms with Crippen molar-refractivity contribution in [3.8, 4) is 11.1 Å². The van der Waals surface area contributed by atoms with E-state index in [4.69, 9.17) is 0 Å². The van der Waals surface area contributed by atoms with Gasteiger partial charge in [-0.25, -0.2) is 19.7 Å². The number of carboxylic acids is 1. The van der Waals surface area contributed by atoms with Crippen molar-refractivity contribution in [2.45, 2.75) is 32.4 Å². The normalized spacial score (nSPS) is 12.1. The number of carbonyl (C=O) groups is 1. The molecule has 7 nitrogen and oxygen atoms in total. The Morgan fingerprint density at radius 3 is 2.62 bits per heavy atom. The zero-order valence-electron chi connectivity index (χ0n) is 21.4. The molecule has 0 aliphatic carbocycles. The van der Waals surface area contributed by atoms with Gasteiger partial charge in [0.05, 0.1) is 17.4 Å². The molecule has 194 valence electrons. The molecule has 1 atom stereocenters. The number of fused-ring (bicyclic) bond motifs is 2. The summed E-state index contributed by atoms with van der Waals surface area (Å²) in [6, 6.07) is 23.8. The molecule has 0 fully saturated rings. The largest absolute Gasteiger partial charge is 0.480 e. The third kappa shape index (κ3) is 4.98. The van der Waals surface area contributed by atoms with E-state index in [9.17, 15) is 9.90 Å². The molecule has 0 saturated carbocycles. The number of hydrogen-bond donors (Lipinski definition) is 2. The molecular weight excluding hydrogens is 506 g/mol. The lowest BCUT2D eigenvalue weighted by atomic mass is 9.96. The second-order valence-corrected chi connectivity index (χ2v) is 10.5. The van der Waals surface area contributed by atoms with E-state index in [2.05, 4.69) is 69.7 Å². The fourth-order valence-electron chi connectivity index (χ4n) is 5.03. The first-order valence-electron chi connectivity index (χ1n) is 12.9. The lowest BCUT2D eigenvalue weighted by Crippen LogP contribution is -2.32. The number of anilines is 1. The van der Waals surface area contributed by atoms with Gasteiger partial charge in [-0.05, 0) is 28.3 Å². The standard InChI is InChI=1S/C31H27N5O2S/c1-2-26-27(24-14-8-12-21-11-6-7-13-23(21)24)28-29(32-18-33-30(28)39-26)35-25(31(37)38)15-22-17-36(19-34-22)16-20-9-4-3-5-10-20/h3-14,17-19,25H,2,15-16H2,1H3,(H,37,38)(H,32,33,35)/t25-/m1/s1. The lowest BCUT2D eigenvalue weighted by molar-refractivity contribution is -0.137. The Labute approximate surface area is 229 Å². The summed E-state index contributed by atoms with van der Waals surface area (Å²) < 4.78 is 1.97. The van der Waals surface area contributed by atoms with E-state index in [-0.39, 0.29) is 6.42 Å².